The molecule has 0 spiro atoms. The predicted molar refractivity (Wildman–Crippen MR) is 215 cm³/mol. The predicted octanol–water partition coefficient (Wildman–Crippen LogP) is 7.73. The van der Waals surface area contributed by atoms with Crippen molar-refractivity contribution in [2.45, 2.75) is 161 Å². The Balaban J connectivity index is 0.000000561. The number of nitrogens with two attached hydrogens (primary N) is 1. The molecule has 0 aromatic heterocycles. The fourth-order valence-electron chi connectivity index (χ4n) is 6.16. The summed E-state index contributed by atoms with van der Waals surface area (Å²) >= 11 is 0. The highest BCUT2D eigenvalue weighted by molar-refractivity contribution is 6.07. The van der Waals surface area contributed by atoms with Gasteiger partial charge in [-0.25, -0.2) is 9.59 Å². The SMILES string of the molecule is CCCCCCCCc1ccc(CCC(N)(CO)CO)cc1.CCCCCCCCc1ccc(CCC(NC(C)=O)(C(=O)OCC)C(=O)OCC)cc1. The molecule has 1 amide bonds. The molecule has 5 N–H and O–H groups in total. The van der Waals surface area contributed by atoms with Gasteiger partial charge in [0.15, 0.2) is 0 Å². The van der Waals surface area contributed by atoms with Crippen molar-refractivity contribution in [1.82, 2.24) is 5.32 Å². The maximum absolute atomic E-state index is 12.7. The standard InChI is InChI=1S/C25H39NO5.C19H33NO2/c1-5-8-9-10-11-12-13-21-14-16-22(17-15-21)18-19-25(26-20(4)27,23(28)30-6-2)24(29)31-7-3;1-2-3-4-5-6-7-8-17-9-11-18(12-10-17)13-14-19(20,15-21)16-22/h14-17H,5-13,18-19H2,1-4H3,(H,26,27);9-12,21-22H,2-8,13-16,20H2,1H3. The second-order valence-corrected chi connectivity index (χ2v) is 14.4. The molecule has 53 heavy (non-hydrogen) atoms. The number of rotatable bonds is 27. The molecule has 0 atom stereocenters. The van der Waals surface area contributed by atoms with Crippen LogP contribution in [0.5, 0.6) is 0 Å². The van der Waals surface area contributed by atoms with Crippen molar-refractivity contribution in [2.75, 3.05) is 26.4 Å². The van der Waals surface area contributed by atoms with E-state index in [2.05, 4.69) is 55.6 Å². The minimum atomic E-state index is -1.84. The van der Waals surface area contributed by atoms with Crippen LogP contribution in [-0.2, 0) is 49.5 Å². The van der Waals surface area contributed by atoms with Crippen molar-refractivity contribution >= 4 is 17.8 Å². The third kappa shape index (κ3) is 19.6. The van der Waals surface area contributed by atoms with Crippen LogP contribution in [0.15, 0.2) is 48.5 Å². The summed E-state index contributed by atoms with van der Waals surface area (Å²) < 4.78 is 10.2. The van der Waals surface area contributed by atoms with Crippen LogP contribution in [-0.4, -0.2) is 65.6 Å². The molecule has 300 valence electrons. The van der Waals surface area contributed by atoms with Gasteiger partial charge in [-0.3, -0.25) is 4.79 Å². The van der Waals surface area contributed by atoms with E-state index in [1.807, 2.05) is 12.1 Å². The van der Waals surface area contributed by atoms with Crippen LogP contribution < -0.4 is 11.1 Å². The molecule has 2 aromatic rings. The molecule has 2 aromatic carbocycles. The number of amides is 1. The van der Waals surface area contributed by atoms with Crippen molar-refractivity contribution in [3.8, 4) is 0 Å². The third-order valence-corrected chi connectivity index (χ3v) is 9.65. The van der Waals surface area contributed by atoms with E-state index in [9.17, 15) is 24.6 Å². The first-order valence-corrected chi connectivity index (χ1v) is 20.3. The maximum Gasteiger partial charge on any atom is 0.343 e. The minimum absolute atomic E-state index is 0.0705. The van der Waals surface area contributed by atoms with Gasteiger partial charge >= 0.3 is 11.9 Å². The van der Waals surface area contributed by atoms with Gasteiger partial charge in [-0.2, -0.15) is 0 Å². The number of esters is 2. The van der Waals surface area contributed by atoms with Gasteiger partial charge in [-0.15, -0.1) is 0 Å². The Morgan fingerprint density at radius 3 is 1.25 bits per heavy atom. The number of aliphatic hydroxyl groups is 2. The van der Waals surface area contributed by atoms with E-state index in [0.717, 1.165) is 24.8 Å². The maximum atomic E-state index is 12.7. The molecule has 0 bridgehead atoms. The molecule has 9 heteroatoms. The summed E-state index contributed by atoms with van der Waals surface area (Å²) in [6.45, 7) is 8.90. The topological polar surface area (TPSA) is 148 Å². The van der Waals surface area contributed by atoms with Crippen LogP contribution in [0.3, 0.4) is 0 Å². The number of aryl methyl sites for hydroxylation is 4. The highest BCUT2D eigenvalue weighted by atomic mass is 16.6. The molecule has 2 rings (SSSR count). The Bertz CT molecular complexity index is 1240. The number of nitrogens with one attached hydrogen (secondary N) is 1. The Morgan fingerprint density at radius 2 is 0.906 bits per heavy atom. The van der Waals surface area contributed by atoms with E-state index in [-0.39, 0.29) is 32.8 Å². The van der Waals surface area contributed by atoms with E-state index in [1.165, 1.54) is 101 Å². The molecular formula is C44H72N2O7. The molecule has 0 aliphatic rings. The molecule has 0 saturated carbocycles. The number of hydrogen-bond acceptors (Lipinski definition) is 8. The second-order valence-electron chi connectivity index (χ2n) is 14.4. The summed E-state index contributed by atoms with van der Waals surface area (Å²) in [5, 5.41) is 20.9. The summed E-state index contributed by atoms with van der Waals surface area (Å²) in [7, 11) is 0. The van der Waals surface area contributed by atoms with Crippen molar-refractivity contribution < 1.29 is 34.1 Å². The third-order valence-electron chi connectivity index (χ3n) is 9.65. The normalized spacial score (nSPS) is 11.4. The van der Waals surface area contributed by atoms with Gasteiger partial charge in [-0.05, 0) is 87.5 Å². The largest absolute Gasteiger partial charge is 0.464 e. The lowest BCUT2D eigenvalue weighted by atomic mass is 9.90. The molecule has 9 nitrogen and oxygen atoms in total. The van der Waals surface area contributed by atoms with Gasteiger partial charge in [-0.1, -0.05) is 127 Å². The quantitative estimate of drug-likeness (QED) is 0.0414. The lowest BCUT2D eigenvalue weighted by Gasteiger charge is -2.29. The zero-order valence-corrected chi connectivity index (χ0v) is 33.7. The smallest absolute Gasteiger partial charge is 0.343 e. The average molecular weight is 741 g/mol. The van der Waals surface area contributed by atoms with Gasteiger partial charge < -0.3 is 30.7 Å². The molecule has 0 saturated heterocycles. The summed E-state index contributed by atoms with van der Waals surface area (Å²) in [5.74, 6) is -2.07. The van der Waals surface area contributed by atoms with E-state index in [1.54, 1.807) is 13.8 Å². The monoisotopic (exact) mass is 741 g/mol. The van der Waals surface area contributed by atoms with Crippen molar-refractivity contribution in [3.63, 3.8) is 0 Å². The van der Waals surface area contributed by atoms with E-state index >= 15 is 0 Å². The average Bonchev–Trinajstić information content (AvgIpc) is 3.16. The van der Waals surface area contributed by atoms with Crippen molar-refractivity contribution in [2.24, 2.45) is 5.73 Å². The van der Waals surface area contributed by atoms with Gasteiger partial charge in [0, 0.05) is 6.92 Å². The van der Waals surface area contributed by atoms with Crippen LogP contribution in [0.2, 0.25) is 0 Å². The first-order chi connectivity index (χ1) is 25.5. The number of carbonyl (C=O) groups is 3. The van der Waals surface area contributed by atoms with Gasteiger partial charge in [0.2, 0.25) is 11.4 Å². The Labute approximate surface area is 320 Å². The molecule has 0 radical (unpaired) electrons. The lowest BCUT2D eigenvalue weighted by molar-refractivity contribution is -0.168. The second kappa shape index (κ2) is 28.2. The van der Waals surface area contributed by atoms with Crippen LogP contribution in [0.4, 0.5) is 0 Å². The van der Waals surface area contributed by atoms with Gasteiger partial charge in [0.05, 0.1) is 32.0 Å². The summed E-state index contributed by atoms with van der Waals surface area (Å²) in [6, 6.07) is 16.9. The zero-order valence-electron chi connectivity index (χ0n) is 33.7. The lowest BCUT2D eigenvalue weighted by Crippen LogP contribution is -2.61. The van der Waals surface area contributed by atoms with Gasteiger partial charge in [0.1, 0.15) is 0 Å². The molecule has 0 aliphatic carbocycles. The van der Waals surface area contributed by atoms with Crippen LogP contribution >= 0.6 is 0 Å². The highest BCUT2D eigenvalue weighted by Crippen LogP contribution is 2.21. The van der Waals surface area contributed by atoms with Gasteiger partial charge in [0.25, 0.3) is 0 Å². The van der Waals surface area contributed by atoms with Crippen molar-refractivity contribution in [1.29, 1.82) is 0 Å². The fraction of sp³-hybridized carbons (Fsp3) is 0.659. The Morgan fingerprint density at radius 1 is 0.566 bits per heavy atom. The minimum Gasteiger partial charge on any atom is -0.464 e. The number of carbonyl (C=O) groups excluding carboxylic acids is 3. The van der Waals surface area contributed by atoms with Crippen LogP contribution in [0, 0.1) is 0 Å². The zero-order chi connectivity index (χ0) is 39.4. The first-order valence-electron chi connectivity index (χ1n) is 20.3. The number of ether oxygens (including phenoxy) is 2. The number of aliphatic hydroxyl groups excluding tert-OH is 2. The molecule has 0 unspecified atom stereocenters. The summed E-state index contributed by atoms with van der Waals surface area (Å²) in [5.41, 5.74) is 8.05. The Kier molecular flexibility index (Phi) is 25.4. The Hall–Kier alpha value is -3.27. The van der Waals surface area contributed by atoms with E-state index < -0.39 is 28.9 Å². The molecule has 0 aliphatic heterocycles. The molecular weight excluding hydrogens is 668 g/mol. The summed E-state index contributed by atoms with van der Waals surface area (Å²) in [6.07, 6.45) is 19.7. The summed E-state index contributed by atoms with van der Waals surface area (Å²) in [4.78, 5) is 37.1. The molecule has 0 fully saturated rings. The van der Waals surface area contributed by atoms with Crippen molar-refractivity contribution in [3.05, 3.63) is 70.8 Å². The molecule has 0 heterocycles. The number of hydrogen-bond donors (Lipinski definition) is 4. The number of benzene rings is 2. The van der Waals surface area contributed by atoms with Crippen LogP contribution in [0.1, 0.15) is 147 Å². The first kappa shape index (κ1) is 47.8. The van der Waals surface area contributed by atoms with E-state index in [0.29, 0.717) is 12.8 Å². The highest BCUT2D eigenvalue weighted by Gasteiger charge is 2.49. The van der Waals surface area contributed by atoms with E-state index in [4.69, 9.17) is 15.2 Å². The number of unbranched alkanes of at least 4 members (excludes halogenated alkanes) is 10. The van der Waals surface area contributed by atoms with Crippen LogP contribution in [0.25, 0.3) is 0 Å². The fourth-order valence-corrected chi connectivity index (χ4v) is 6.16.